The molecule has 3 aromatic rings. The Morgan fingerprint density at radius 2 is 1.75 bits per heavy atom. The Hall–Kier alpha value is -2.37. The van der Waals surface area contributed by atoms with Gasteiger partial charge >= 0.3 is 5.97 Å². The number of carbonyl (C=O) groups is 1. The fourth-order valence-corrected chi connectivity index (χ4v) is 4.40. The van der Waals surface area contributed by atoms with Gasteiger partial charge in [-0.05, 0) is 77.8 Å². The highest BCUT2D eigenvalue weighted by Gasteiger charge is 2.20. The molecule has 0 heterocycles. The molecule has 0 aromatic heterocycles. The zero-order valence-corrected chi connectivity index (χ0v) is 19.4. The number of aliphatic hydroxyl groups excluding tert-OH is 1. The van der Waals surface area contributed by atoms with Crippen LogP contribution in [0.3, 0.4) is 0 Å². The second kappa shape index (κ2) is 10.5. The van der Waals surface area contributed by atoms with E-state index in [9.17, 15) is 15.0 Å². The number of carboxylic acid groups (broad SMARTS) is 1. The van der Waals surface area contributed by atoms with Gasteiger partial charge in [-0.25, -0.2) is 4.79 Å². The van der Waals surface area contributed by atoms with Crippen LogP contribution in [0.4, 0.5) is 0 Å². The van der Waals surface area contributed by atoms with Gasteiger partial charge < -0.3 is 15.5 Å². The SMILES string of the molecule is Cc1cc(-c2ccc3c(c2)C[C@@H](NC[C@@H](O)c2ccc(Cl)cc2)CC3)ccc1C(=O)O.Cl. The second-order valence-corrected chi connectivity index (χ2v) is 8.67. The summed E-state index contributed by atoms with van der Waals surface area (Å²) in [6.45, 7) is 2.33. The van der Waals surface area contributed by atoms with E-state index in [1.807, 2.05) is 31.2 Å². The first kappa shape index (κ1) is 24.3. The Morgan fingerprint density at radius 1 is 1.06 bits per heavy atom. The van der Waals surface area contributed by atoms with E-state index in [-0.39, 0.29) is 12.4 Å². The van der Waals surface area contributed by atoms with E-state index in [1.165, 1.54) is 11.1 Å². The Kier molecular flexibility index (Phi) is 7.96. The van der Waals surface area contributed by atoms with Crippen LogP contribution in [-0.4, -0.2) is 28.8 Å². The van der Waals surface area contributed by atoms with E-state index in [4.69, 9.17) is 11.6 Å². The average Bonchev–Trinajstić information content (AvgIpc) is 2.77. The fraction of sp³-hybridized carbons (Fsp3) is 0.269. The van der Waals surface area contributed by atoms with Crippen molar-refractivity contribution < 1.29 is 15.0 Å². The number of nitrogens with one attached hydrogen (secondary N) is 1. The predicted molar refractivity (Wildman–Crippen MR) is 131 cm³/mol. The third-order valence-corrected chi connectivity index (χ3v) is 6.33. The molecule has 168 valence electrons. The highest BCUT2D eigenvalue weighted by molar-refractivity contribution is 6.30. The molecular weight excluding hydrogens is 445 g/mol. The van der Waals surface area contributed by atoms with E-state index in [0.717, 1.165) is 41.5 Å². The van der Waals surface area contributed by atoms with Crippen LogP contribution in [0.5, 0.6) is 0 Å². The lowest BCUT2D eigenvalue weighted by atomic mass is 9.86. The standard InChI is InChI=1S/C26H26ClNO3.ClH/c1-16-12-19(7-11-24(16)26(30)31)20-3-2-17-6-10-23(14-21(17)13-20)28-15-25(29)18-4-8-22(27)9-5-18;/h2-5,7-9,11-13,23,25,28-29H,6,10,14-15H2,1H3,(H,30,31);1H/t23-,25+;/m0./s1. The molecular formula is C26H27Cl2NO3. The first-order valence-electron chi connectivity index (χ1n) is 10.5. The Morgan fingerprint density at radius 3 is 2.44 bits per heavy atom. The summed E-state index contributed by atoms with van der Waals surface area (Å²) in [6.07, 6.45) is 2.37. The molecule has 0 spiro atoms. The van der Waals surface area contributed by atoms with Crippen molar-refractivity contribution in [2.75, 3.05) is 6.54 Å². The van der Waals surface area contributed by atoms with Gasteiger partial charge in [-0.1, -0.05) is 54.1 Å². The minimum absolute atomic E-state index is 0. The smallest absolute Gasteiger partial charge is 0.335 e. The summed E-state index contributed by atoms with van der Waals surface area (Å²) in [6, 6.07) is 19.6. The zero-order valence-electron chi connectivity index (χ0n) is 17.8. The molecule has 0 saturated carbocycles. The molecule has 1 aliphatic carbocycles. The minimum Gasteiger partial charge on any atom is -0.478 e. The molecule has 0 aliphatic heterocycles. The van der Waals surface area contributed by atoms with Crippen LogP contribution >= 0.6 is 24.0 Å². The molecule has 0 unspecified atom stereocenters. The molecule has 4 nitrogen and oxygen atoms in total. The van der Waals surface area contributed by atoms with Crippen LogP contribution in [0.2, 0.25) is 5.02 Å². The van der Waals surface area contributed by atoms with Gasteiger partial charge in [0.25, 0.3) is 0 Å². The van der Waals surface area contributed by atoms with Gasteiger partial charge in [0.2, 0.25) is 0 Å². The molecule has 6 heteroatoms. The summed E-state index contributed by atoms with van der Waals surface area (Å²) in [4.78, 5) is 11.3. The van der Waals surface area contributed by atoms with Crippen molar-refractivity contribution in [1.29, 1.82) is 0 Å². The van der Waals surface area contributed by atoms with Crippen molar-refractivity contribution in [3.8, 4) is 11.1 Å². The first-order chi connectivity index (χ1) is 14.9. The zero-order chi connectivity index (χ0) is 22.0. The van der Waals surface area contributed by atoms with E-state index < -0.39 is 12.1 Å². The van der Waals surface area contributed by atoms with Gasteiger partial charge in [0.1, 0.15) is 0 Å². The lowest BCUT2D eigenvalue weighted by Crippen LogP contribution is -2.37. The van der Waals surface area contributed by atoms with Crippen molar-refractivity contribution in [1.82, 2.24) is 5.32 Å². The van der Waals surface area contributed by atoms with Crippen molar-refractivity contribution in [2.45, 2.75) is 38.3 Å². The summed E-state index contributed by atoms with van der Waals surface area (Å²) in [5, 5.41) is 23.9. The molecule has 0 radical (unpaired) electrons. The van der Waals surface area contributed by atoms with Crippen LogP contribution < -0.4 is 5.32 Å². The average molecular weight is 472 g/mol. The third-order valence-electron chi connectivity index (χ3n) is 6.08. The summed E-state index contributed by atoms with van der Waals surface area (Å²) in [7, 11) is 0. The molecule has 0 amide bonds. The monoisotopic (exact) mass is 471 g/mol. The van der Waals surface area contributed by atoms with Gasteiger partial charge in [-0.3, -0.25) is 0 Å². The van der Waals surface area contributed by atoms with Crippen LogP contribution in [0.1, 0.15) is 45.1 Å². The quantitative estimate of drug-likeness (QED) is 0.436. The number of rotatable bonds is 6. The van der Waals surface area contributed by atoms with Crippen LogP contribution in [0.15, 0.2) is 60.7 Å². The largest absolute Gasteiger partial charge is 0.478 e. The summed E-state index contributed by atoms with van der Waals surface area (Å²) in [5.74, 6) is -0.899. The summed E-state index contributed by atoms with van der Waals surface area (Å²) >= 11 is 5.93. The number of fused-ring (bicyclic) bond motifs is 1. The van der Waals surface area contributed by atoms with E-state index in [0.29, 0.717) is 23.2 Å². The lowest BCUT2D eigenvalue weighted by Gasteiger charge is -2.27. The van der Waals surface area contributed by atoms with Crippen molar-refractivity contribution >= 4 is 30.0 Å². The minimum atomic E-state index is -0.899. The van der Waals surface area contributed by atoms with E-state index in [1.54, 1.807) is 18.2 Å². The number of halogens is 2. The molecule has 0 fully saturated rings. The maximum atomic E-state index is 11.3. The number of aromatic carboxylic acids is 1. The van der Waals surface area contributed by atoms with Gasteiger partial charge in [-0.2, -0.15) is 0 Å². The lowest BCUT2D eigenvalue weighted by molar-refractivity contribution is 0.0696. The topological polar surface area (TPSA) is 69.6 Å². The van der Waals surface area contributed by atoms with Gasteiger partial charge in [-0.15, -0.1) is 12.4 Å². The molecule has 3 aromatic carbocycles. The van der Waals surface area contributed by atoms with E-state index >= 15 is 0 Å². The normalized spacial score (nSPS) is 16.0. The maximum Gasteiger partial charge on any atom is 0.335 e. The number of benzene rings is 3. The molecule has 3 N–H and O–H groups in total. The fourth-order valence-electron chi connectivity index (χ4n) is 4.28. The van der Waals surface area contributed by atoms with Crippen LogP contribution in [-0.2, 0) is 12.8 Å². The molecule has 0 saturated heterocycles. The van der Waals surface area contributed by atoms with Crippen molar-refractivity contribution in [2.24, 2.45) is 0 Å². The highest BCUT2D eigenvalue weighted by atomic mass is 35.5. The maximum absolute atomic E-state index is 11.3. The molecule has 1 aliphatic rings. The number of carboxylic acids is 1. The van der Waals surface area contributed by atoms with Gasteiger partial charge in [0.05, 0.1) is 11.7 Å². The Balaban J connectivity index is 0.00000289. The van der Waals surface area contributed by atoms with Gasteiger partial charge in [0.15, 0.2) is 0 Å². The van der Waals surface area contributed by atoms with Crippen molar-refractivity contribution in [3.63, 3.8) is 0 Å². The number of hydrogen-bond donors (Lipinski definition) is 3. The predicted octanol–water partition coefficient (Wildman–Crippen LogP) is 5.62. The van der Waals surface area contributed by atoms with Crippen LogP contribution in [0, 0.1) is 6.92 Å². The van der Waals surface area contributed by atoms with Crippen LogP contribution in [0.25, 0.3) is 11.1 Å². The molecule has 2 atom stereocenters. The first-order valence-corrected chi connectivity index (χ1v) is 10.9. The Labute approximate surface area is 199 Å². The summed E-state index contributed by atoms with van der Waals surface area (Å²) < 4.78 is 0. The van der Waals surface area contributed by atoms with E-state index in [2.05, 4.69) is 23.5 Å². The summed E-state index contributed by atoms with van der Waals surface area (Å²) in [5.41, 5.74) is 6.75. The molecule has 4 rings (SSSR count). The number of aryl methyl sites for hydroxylation is 2. The number of hydrogen-bond acceptors (Lipinski definition) is 3. The molecule has 32 heavy (non-hydrogen) atoms. The van der Waals surface area contributed by atoms with Gasteiger partial charge in [0, 0.05) is 17.6 Å². The highest BCUT2D eigenvalue weighted by Crippen LogP contribution is 2.29. The molecule has 0 bridgehead atoms. The second-order valence-electron chi connectivity index (χ2n) is 8.23. The Bertz CT molecular complexity index is 1100. The number of aliphatic hydroxyl groups is 1. The third kappa shape index (κ3) is 5.51. The van der Waals surface area contributed by atoms with Crippen molar-refractivity contribution in [3.05, 3.63) is 93.5 Å².